The van der Waals surface area contributed by atoms with Gasteiger partial charge in [0.15, 0.2) is 0 Å². The number of benzene rings is 2. The summed E-state index contributed by atoms with van der Waals surface area (Å²) in [6.07, 6.45) is 2.12. The number of aliphatic hydroxyl groups is 1. The number of aromatic nitrogens is 2. The van der Waals surface area contributed by atoms with Gasteiger partial charge in [0, 0.05) is 30.2 Å². The van der Waals surface area contributed by atoms with Crippen LogP contribution in [0, 0.1) is 11.6 Å². The molecule has 0 spiro atoms. The van der Waals surface area contributed by atoms with Gasteiger partial charge in [-0.15, -0.1) is 0 Å². The summed E-state index contributed by atoms with van der Waals surface area (Å²) in [5.74, 6) is -1.04. The number of ether oxygens (including phenoxy) is 1. The molecule has 1 aliphatic carbocycles. The molecule has 7 nitrogen and oxygen atoms in total. The molecule has 4 rings (SSSR count). The first kappa shape index (κ1) is 22.0. The molecular formula is C23H26F2N4O3. The molecule has 1 atom stereocenters. The molecule has 9 heteroatoms. The van der Waals surface area contributed by atoms with Crippen LogP contribution in [0.4, 0.5) is 13.6 Å². The summed E-state index contributed by atoms with van der Waals surface area (Å²) in [7, 11) is 1.33. The van der Waals surface area contributed by atoms with Crippen molar-refractivity contribution in [1.82, 2.24) is 20.6 Å². The number of nitrogens with zero attached hydrogens (tertiary/aromatic N) is 1. The Morgan fingerprint density at radius 3 is 2.56 bits per heavy atom. The van der Waals surface area contributed by atoms with Crippen LogP contribution in [0.2, 0.25) is 0 Å². The Balaban J connectivity index is 1.57. The summed E-state index contributed by atoms with van der Waals surface area (Å²) in [5, 5.41) is 15.4. The molecule has 1 aromatic heterocycles. The standard InChI is InChI=1S/C23H26F2N4O3/c1-32-15-10-17(24)16(18(25)11-15)12-21(22-27-19-4-2-3-5-20(19)28-22)29-23(31)26-13-6-8-14(30)9-7-13/h2-5,10-11,13-14,21,30H,6-9,12H2,1H3,(H,27,28)(H2,26,29,31). The van der Waals surface area contributed by atoms with Crippen molar-refractivity contribution in [2.45, 2.75) is 50.3 Å². The fraction of sp³-hybridized carbons (Fsp3) is 0.391. The molecule has 1 aliphatic rings. The van der Waals surface area contributed by atoms with Crippen LogP contribution in [0.1, 0.15) is 43.1 Å². The Labute approximate surface area is 184 Å². The van der Waals surface area contributed by atoms with Gasteiger partial charge in [-0.3, -0.25) is 0 Å². The van der Waals surface area contributed by atoms with Gasteiger partial charge in [0.25, 0.3) is 0 Å². The lowest BCUT2D eigenvalue weighted by Crippen LogP contribution is -2.45. The molecule has 1 unspecified atom stereocenters. The maximum atomic E-state index is 14.6. The van der Waals surface area contributed by atoms with Crippen molar-refractivity contribution in [3.8, 4) is 5.75 Å². The van der Waals surface area contributed by atoms with Gasteiger partial charge in [-0.25, -0.2) is 18.6 Å². The molecule has 0 radical (unpaired) electrons. The number of carbonyl (C=O) groups is 1. The number of hydrogen-bond acceptors (Lipinski definition) is 4. The first-order valence-electron chi connectivity index (χ1n) is 10.6. The molecule has 2 aromatic carbocycles. The van der Waals surface area contributed by atoms with Crippen LogP contribution >= 0.6 is 0 Å². The molecule has 1 saturated carbocycles. The Morgan fingerprint density at radius 2 is 1.91 bits per heavy atom. The molecule has 4 N–H and O–H groups in total. The molecule has 32 heavy (non-hydrogen) atoms. The number of rotatable bonds is 6. The number of para-hydroxylation sites is 2. The van der Waals surface area contributed by atoms with Gasteiger partial charge in [-0.1, -0.05) is 12.1 Å². The number of aromatic amines is 1. The summed E-state index contributed by atoms with van der Waals surface area (Å²) < 4.78 is 34.2. The number of hydrogen-bond donors (Lipinski definition) is 4. The zero-order valence-corrected chi connectivity index (χ0v) is 17.7. The predicted octanol–water partition coefficient (Wildman–Crippen LogP) is 3.74. The van der Waals surface area contributed by atoms with Crippen LogP contribution in [0.5, 0.6) is 5.75 Å². The van der Waals surface area contributed by atoms with E-state index in [0.29, 0.717) is 37.0 Å². The molecule has 3 aromatic rings. The highest BCUT2D eigenvalue weighted by molar-refractivity contribution is 5.76. The van der Waals surface area contributed by atoms with Gasteiger partial charge < -0.3 is 25.5 Å². The van der Waals surface area contributed by atoms with Crippen molar-refractivity contribution in [2.75, 3.05) is 7.11 Å². The third-order valence-electron chi connectivity index (χ3n) is 5.83. The zero-order valence-electron chi connectivity index (χ0n) is 17.7. The van der Waals surface area contributed by atoms with Gasteiger partial charge in [0.2, 0.25) is 0 Å². The average molecular weight is 444 g/mol. The van der Waals surface area contributed by atoms with E-state index in [0.717, 1.165) is 17.6 Å². The molecule has 0 saturated heterocycles. The second kappa shape index (κ2) is 9.52. The van der Waals surface area contributed by atoms with E-state index in [1.54, 1.807) is 0 Å². The normalized spacial score (nSPS) is 19.5. The Kier molecular flexibility index (Phi) is 6.55. The summed E-state index contributed by atoms with van der Waals surface area (Å²) in [4.78, 5) is 20.4. The number of methoxy groups -OCH3 is 1. The largest absolute Gasteiger partial charge is 0.497 e. The van der Waals surface area contributed by atoms with Gasteiger partial charge in [-0.2, -0.15) is 0 Å². The number of imidazole rings is 1. The summed E-state index contributed by atoms with van der Waals surface area (Å²) in [6, 6.07) is 8.24. The minimum atomic E-state index is -0.797. The lowest BCUT2D eigenvalue weighted by atomic mass is 9.93. The molecule has 0 bridgehead atoms. The number of nitrogens with one attached hydrogen (secondary N) is 3. The van der Waals surface area contributed by atoms with E-state index in [4.69, 9.17) is 4.74 Å². The van der Waals surface area contributed by atoms with Crippen LogP contribution in [-0.4, -0.2) is 40.4 Å². The van der Waals surface area contributed by atoms with E-state index < -0.39 is 23.7 Å². The van der Waals surface area contributed by atoms with E-state index in [-0.39, 0.29) is 29.9 Å². The fourth-order valence-electron chi connectivity index (χ4n) is 4.06. The summed E-state index contributed by atoms with van der Waals surface area (Å²) >= 11 is 0. The van der Waals surface area contributed by atoms with E-state index in [1.807, 2.05) is 24.3 Å². The molecular weight excluding hydrogens is 418 g/mol. The smallest absolute Gasteiger partial charge is 0.315 e. The maximum Gasteiger partial charge on any atom is 0.315 e. The highest BCUT2D eigenvalue weighted by atomic mass is 19.1. The highest BCUT2D eigenvalue weighted by Gasteiger charge is 2.26. The fourth-order valence-corrected chi connectivity index (χ4v) is 4.06. The van der Waals surface area contributed by atoms with E-state index in [2.05, 4.69) is 20.6 Å². The second-order valence-electron chi connectivity index (χ2n) is 8.09. The zero-order chi connectivity index (χ0) is 22.7. The second-order valence-corrected chi connectivity index (χ2v) is 8.09. The number of urea groups is 1. The Bertz CT molecular complexity index is 1040. The predicted molar refractivity (Wildman–Crippen MR) is 115 cm³/mol. The quantitative estimate of drug-likeness (QED) is 0.466. The van der Waals surface area contributed by atoms with Gasteiger partial charge in [0.1, 0.15) is 23.2 Å². The molecule has 170 valence electrons. The van der Waals surface area contributed by atoms with Gasteiger partial charge >= 0.3 is 6.03 Å². The van der Waals surface area contributed by atoms with Crippen LogP contribution in [0.15, 0.2) is 36.4 Å². The van der Waals surface area contributed by atoms with E-state index in [1.165, 1.54) is 7.11 Å². The minimum Gasteiger partial charge on any atom is -0.497 e. The first-order chi connectivity index (χ1) is 15.4. The van der Waals surface area contributed by atoms with Crippen LogP contribution in [-0.2, 0) is 6.42 Å². The number of fused-ring (bicyclic) bond motifs is 1. The monoisotopic (exact) mass is 444 g/mol. The Hall–Kier alpha value is -3.20. The van der Waals surface area contributed by atoms with Crippen molar-refractivity contribution < 1.29 is 23.4 Å². The van der Waals surface area contributed by atoms with Gasteiger partial charge in [-0.05, 0) is 37.8 Å². The first-order valence-corrected chi connectivity index (χ1v) is 10.6. The molecule has 1 fully saturated rings. The van der Waals surface area contributed by atoms with Crippen molar-refractivity contribution in [3.05, 3.63) is 59.4 Å². The molecule has 0 aliphatic heterocycles. The van der Waals surface area contributed by atoms with Crippen molar-refractivity contribution in [1.29, 1.82) is 0 Å². The minimum absolute atomic E-state index is 0.0656. The maximum absolute atomic E-state index is 14.6. The third-order valence-corrected chi connectivity index (χ3v) is 5.83. The number of amides is 2. The highest BCUT2D eigenvalue weighted by Crippen LogP contribution is 2.26. The lowest BCUT2D eigenvalue weighted by molar-refractivity contribution is 0.117. The van der Waals surface area contributed by atoms with Crippen molar-refractivity contribution in [2.24, 2.45) is 0 Å². The number of carbonyl (C=O) groups excluding carboxylic acids is 1. The van der Waals surface area contributed by atoms with Crippen LogP contribution in [0.3, 0.4) is 0 Å². The third kappa shape index (κ3) is 4.99. The van der Waals surface area contributed by atoms with Gasteiger partial charge in [0.05, 0.1) is 30.3 Å². The number of aliphatic hydroxyl groups excluding tert-OH is 1. The summed E-state index contributed by atoms with van der Waals surface area (Å²) in [5.41, 5.74) is 1.27. The van der Waals surface area contributed by atoms with Crippen molar-refractivity contribution >= 4 is 17.1 Å². The SMILES string of the molecule is COc1cc(F)c(CC(NC(=O)NC2CCC(O)CC2)c2nc3ccccc3[nH]2)c(F)c1. The average Bonchev–Trinajstić information content (AvgIpc) is 3.21. The number of halogens is 2. The number of H-pyrrole nitrogens is 1. The Morgan fingerprint density at radius 1 is 1.22 bits per heavy atom. The summed E-state index contributed by atoms with van der Waals surface area (Å²) in [6.45, 7) is 0. The van der Waals surface area contributed by atoms with E-state index >= 15 is 0 Å². The van der Waals surface area contributed by atoms with E-state index in [9.17, 15) is 18.7 Å². The van der Waals surface area contributed by atoms with Crippen LogP contribution < -0.4 is 15.4 Å². The molecule has 1 heterocycles. The molecule has 2 amide bonds. The topological polar surface area (TPSA) is 99.3 Å². The van der Waals surface area contributed by atoms with Crippen LogP contribution in [0.25, 0.3) is 11.0 Å². The van der Waals surface area contributed by atoms with Crippen molar-refractivity contribution in [3.63, 3.8) is 0 Å². The lowest BCUT2D eigenvalue weighted by Gasteiger charge is -2.27.